The zero-order chi connectivity index (χ0) is 12.5. The third-order valence-corrected chi connectivity index (χ3v) is 4.19. The number of nitrogens with one attached hydrogen (secondary N) is 1. The molecule has 0 atom stereocenters. The molecular weight excluding hydrogens is 266 g/mol. The molecule has 1 saturated carbocycles. The summed E-state index contributed by atoms with van der Waals surface area (Å²) in [6.07, 6.45) is 2.47. The van der Waals surface area contributed by atoms with E-state index in [1.54, 1.807) is 0 Å². The highest BCUT2D eigenvalue weighted by atomic mass is 35.5. The Labute approximate surface area is 115 Å². The Morgan fingerprint density at radius 2 is 2.06 bits per heavy atom. The molecule has 1 aliphatic carbocycles. The van der Waals surface area contributed by atoms with Gasteiger partial charge in [0.2, 0.25) is 0 Å². The van der Waals surface area contributed by atoms with E-state index in [4.69, 9.17) is 17.3 Å². The number of hydrogen-bond donors (Lipinski definition) is 2. The lowest BCUT2D eigenvalue weighted by Gasteiger charge is -2.06. The van der Waals surface area contributed by atoms with Gasteiger partial charge in [-0.05, 0) is 48.0 Å². The first-order chi connectivity index (χ1) is 8.74. The lowest BCUT2D eigenvalue weighted by Crippen LogP contribution is -2.00. The van der Waals surface area contributed by atoms with Crippen molar-refractivity contribution in [1.29, 1.82) is 0 Å². The maximum absolute atomic E-state index is 5.91. The molecule has 3 N–H and O–H groups in total. The van der Waals surface area contributed by atoms with Crippen LogP contribution in [0.2, 0.25) is 5.02 Å². The van der Waals surface area contributed by atoms with Crippen molar-refractivity contribution in [1.82, 2.24) is 4.37 Å². The number of benzene rings is 1. The van der Waals surface area contributed by atoms with Crippen LogP contribution in [0, 0.1) is 0 Å². The minimum Gasteiger partial charge on any atom is -0.383 e. The van der Waals surface area contributed by atoms with E-state index in [1.165, 1.54) is 35.5 Å². The number of aromatic nitrogens is 1. The Hall–Kier alpha value is -1.26. The van der Waals surface area contributed by atoms with Crippen molar-refractivity contribution in [2.75, 3.05) is 11.1 Å². The van der Waals surface area contributed by atoms with Gasteiger partial charge in [-0.3, -0.25) is 0 Å². The van der Waals surface area contributed by atoms with Gasteiger partial charge in [-0.15, -0.1) is 0 Å². The number of anilines is 2. The molecule has 1 aromatic carbocycles. The van der Waals surface area contributed by atoms with Gasteiger partial charge in [-0.1, -0.05) is 23.7 Å². The van der Waals surface area contributed by atoms with Gasteiger partial charge in [-0.2, -0.15) is 4.37 Å². The number of rotatable bonds is 4. The highest BCUT2D eigenvalue weighted by Crippen LogP contribution is 2.47. The first kappa shape index (κ1) is 11.8. The van der Waals surface area contributed by atoms with Crippen molar-refractivity contribution in [2.24, 2.45) is 0 Å². The topological polar surface area (TPSA) is 50.9 Å². The van der Waals surface area contributed by atoms with Crippen molar-refractivity contribution in [2.45, 2.75) is 25.3 Å². The third kappa shape index (κ3) is 2.44. The highest BCUT2D eigenvalue weighted by Gasteiger charge is 2.30. The van der Waals surface area contributed by atoms with Crippen LogP contribution in [-0.4, -0.2) is 4.37 Å². The quantitative estimate of drug-likeness (QED) is 0.893. The zero-order valence-corrected chi connectivity index (χ0v) is 11.4. The largest absolute Gasteiger partial charge is 0.383 e. The van der Waals surface area contributed by atoms with Gasteiger partial charge in [0.15, 0.2) is 0 Å². The van der Waals surface area contributed by atoms with Crippen molar-refractivity contribution in [3.05, 3.63) is 40.4 Å². The summed E-state index contributed by atoms with van der Waals surface area (Å²) in [6.45, 7) is 0.776. The van der Waals surface area contributed by atoms with Gasteiger partial charge >= 0.3 is 0 Å². The summed E-state index contributed by atoms with van der Waals surface area (Å²) in [7, 11) is 0. The second-order valence-corrected chi connectivity index (χ2v) is 5.77. The molecule has 18 heavy (non-hydrogen) atoms. The van der Waals surface area contributed by atoms with Crippen molar-refractivity contribution in [3.8, 4) is 0 Å². The molecule has 1 aliphatic rings. The molecule has 94 valence electrons. The molecule has 1 heterocycles. The average Bonchev–Trinajstić information content (AvgIpc) is 3.13. The van der Waals surface area contributed by atoms with E-state index in [0.29, 0.717) is 11.7 Å². The van der Waals surface area contributed by atoms with Gasteiger partial charge in [-0.25, -0.2) is 0 Å². The van der Waals surface area contributed by atoms with Gasteiger partial charge in [0, 0.05) is 17.1 Å². The molecular formula is C13H14ClN3S. The maximum atomic E-state index is 5.91. The van der Waals surface area contributed by atoms with E-state index in [0.717, 1.165) is 16.6 Å². The van der Waals surface area contributed by atoms with Gasteiger partial charge in [0.05, 0.1) is 0 Å². The molecule has 2 aromatic rings. The van der Waals surface area contributed by atoms with Crippen molar-refractivity contribution < 1.29 is 0 Å². The summed E-state index contributed by atoms with van der Waals surface area (Å²) in [6, 6.07) is 7.86. The molecule has 0 saturated heterocycles. The van der Waals surface area contributed by atoms with Crippen molar-refractivity contribution in [3.63, 3.8) is 0 Å². The molecule has 5 heteroatoms. The first-order valence-electron chi connectivity index (χ1n) is 5.97. The Bertz CT molecular complexity index is 546. The number of halogens is 1. The second kappa shape index (κ2) is 4.78. The molecule has 3 rings (SSSR count). The van der Waals surface area contributed by atoms with Crippen LogP contribution in [0.3, 0.4) is 0 Å². The van der Waals surface area contributed by atoms with Crippen LogP contribution < -0.4 is 11.1 Å². The van der Waals surface area contributed by atoms with Crippen LogP contribution in [0.1, 0.15) is 29.9 Å². The van der Waals surface area contributed by atoms with E-state index in [9.17, 15) is 0 Å². The normalized spacial score (nSPS) is 14.7. The fourth-order valence-electron chi connectivity index (χ4n) is 1.99. The molecule has 0 bridgehead atoms. The molecule has 1 fully saturated rings. The predicted octanol–water partition coefficient (Wildman–Crippen LogP) is 3.87. The van der Waals surface area contributed by atoms with Gasteiger partial charge < -0.3 is 11.1 Å². The molecule has 0 spiro atoms. The third-order valence-electron chi connectivity index (χ3n) is 3.11. The molecule has 0 radical (unpaired) electrons. The van der Waals surface area contributed by atoms with E-state index in [-0.39, 0.29) is 0 Å². The maximum Gasteiger partial charge on any atom is 0.142 e. The molecule has 0 aliphatic heterocycles. The second-order valence-electron chi connectivity index (χ2n) is 4.56. The molecule has 0 amide bonds. The summed E-state index contributed by atoms with van der Waals surface area (Å²) in [4.78, 5) is 0. The predicted molar refractivity (Wildman–Crippen MR) is 77.3 cm³/mol. The lowest BCUT2D eigenvalue weighted by atomic mass is 10.2. The number of nitrogen functional groups attached to an aromatic ring is 1. The summed E-state index contributed by atoms with van der Waals surface area (Å²) in [5.74, 6) is 1.32. The van der Waals surface area contributed by atoms with Crippen LogP contribution in [0.15, 0.2) is 24.3 Å². The van der Waals surface area contributed by atoms with E-state index < -0.39 is 0 Å². The smallest absolute Gasteiger partial charge is 0.142 e. The van der Waals surface area contributed by atoms with Crippen LogP contribution in [0.4, 0.5) is 10.8 Å². The Morgan fingerprint density at radius 3 is 2.72 bits per heavy atom. The Balaban J connectivity index is 1.71. The van der Waals surface area contributed by atoms with E-state index in [1.807, 2.05) is 24.3 Å². The molecule has 3 nitrogen and oxygen atoms in total. The summed E-state index contributed by atoms with van der Waals surface area (Å²) < 4.78 is 4.24. The van der Waals surface area contributed by atoms with Crippen LogP contribution in [0.5, 0.6) is 0 Å². The Morgan fingerprint density at radius 1 is 1.33 bits per heavy atom. The van der Waals surface area contributed by atoms with E-state index in [2.05, 4.69) is 9.69 Å². The monoisotopic (exact) mass is 279 g/mol. The zero-order valence-electron chi connectivity index (χ0n) is 9.82. The minimum atomic E-state index is 0.622. The summed E-state index contributed by atoms with van der Waals surface area (Å²) in [5, 5.41) is 5.30. The fourth-order valence-corrected chi connectivity index (χ4v) is 2.91. The number of nitrogens with two attached hydrogens (primary N) is 1. The fraction of sp³-hybridized carbons (Fsp3) is 0.308. The lowest BCUT2D eigenvalue weighted by molar-refractivity contribution is 1.10. The highest BCUT2D eigenvalue weighted by molar-refractivity contribution is 7.10. The van der Waals surface area contributed by atoms with Gasteiger partial charge in [0.25, 0.3) is 0 Å². The number of hydrogen-bond acceptors (Lipinski definition) is 4. The minimum absolute atomic E-state index is 0.622. The molecule has 1 aromatic heterocycles. The standard InChI is InChI=1S/C13H14ClN3S/c14-10-5-1-8(2-6-10)7-16-13-11(9-3-4-9)12(15)17-18-13/h1-2,5-6,9,16H,3-4,7H2,(H2,15,17). The summed E-state index contributed by atoms with van der Waals surface area (Å²) >= 11 is 7.32. The van der Waals surface area contributed by atoms with Crippen LogP contribution in [0.25, 0.3) is 0 Å². The first-order valence-corrected chi connectivity index (χ1v) is 7.12. The number of nitrogens with zero attached hydrogens (tertiary/aromatic N) is 1. The van der Waals surface area contributed by atoms with E-state index >= 15 is 0 Å². The average molecular weight is 280 g/mol. The molecule has 0 unspecified atom stereocenters. The van der Waals surface area contributed by atoms with Gasteiger partial charge in [0.1, 0.15) is 10.8 Å². The Kier molecular flexibility index (Phi) is 3.14. The summed E-state index contributed by atoms with van der Waals surface area (Å²) in [5.41, 5.74) is 8.33. The SMILES string of the molecule is Nc1nsc(NCc2ccc(Cl)cc2)c1C1CC1. The van der Waals surface area contributed by atoms with Crippen LogP contribution >= 0.6 is 23.1 Å². The van der Waals surface area contributed by atoms with Crippen LogP contribution in [-0.2, 0) is 6.54 Å². The van der Waals surface area contributed by atoms with Crippen molar-refractivity contribution >= 4 is 34.0 Å².